The molecule has 6 nitrogen and oxygen atoms in total. The molecule has 1 amide bonds. The number of sulfonamides is 1. The highest BCUT2D eigenvalue weighted by molar-refractivity contribution is 9.10. The summed E-state index contributed by atoms with van der Waals surface area (Å²) in [7, 11) is -3.83. The summed E-state index contributed by atoms with van der Waals surface area (Å²) in [6.45, 7) is -0.0587. The second-order valence-electron chi connectivity index (χ2n) is 5.19. The van der Waals surface area contributed by atoms with Gasteiger partial charge in [-0.1, -0.05) is 39.7 Å². The molecule has 0 radical (unpaired) electrons. The lowest BCUT2D eigenvalue weighted by atomic mass is 10.2. The molecule has 2 aromatic rings. The topological polar surface area (TPSA) is 89.5 Å². The van der Waals surface area contributed by atoms with Gasteiger partial charge >= 0.3 is 0 Å². The highest BCUT2D eigenvalue weighted by Crippen LogP contribution is 2.21. The van der Waals surface area contributed by atoms with Gasteiger partial charge in [-0.2, -0.15) is 4.31 Å². The summed E-state index contributed by atoms with van der Waals surface area (Å²) < 4.78 is 27.7. The zero-order valence-electron chi connectivity index (χ0n) is 13.0. The zero-order chi connectivity index (χ0) is 18.4. The largest absolute Gasteiger partial charge is 0.759 e. The lowest BCUT2D eigenvalue weighted by Crippen LogP contribution is -2.34. The third kappa shape index (κ3) is 5.52. The minimum atomic E-state index is -3.83. The molecule has 0 aromatic heterocycles. The molecular weight excluding hydrogens is 432 g/mol. The lowest BCUT2D eigenvalue weighted by Gasteiger charge is -2.22. The Balaban J connectivity index is 2.30. The van der Waals surface area contributed by atoms with Crippen LogP contribution in [0.15, 0.2) is 57.9 Å². The van der Waals surface area contributed by atoms with Crippen molar-refractivity contribution in [2.75, 3.05) is 6.54 Å². The van der Waals surface area contributed by atoms with E-state index in [0.29, 0.717) is 10.6 Å². The maximum Gasteiger partial charge on any atom is 0.243 e. The summed E-state index contributed by atoms with van der Waals surface area (Å²) in [5, 5.41) is 10.9. The molecule has 0 spiro atoms. The van der Waals surface area contributed by atoms with Crippen molar-refractivity contribution >= 4 is 43.5 Å². The molecule has 2 aromatic carbocycles. The van der Waals surface area contributed by atoms with E-state index in [9.17, 15) is 18.4 Å². The van der Waals surface area contributed by atoms with Gasteiger partial charge in [0.15, 0.2) is 0 Å². The van der Waals surface area contributed by atoms with Crippen molar-refractivity contribution in [1.82, 2.24) is 9.79 Å². The van der Waals surface area contributed by atoms with E-state index in [1.54, 1.807) is 36.4 Å². The minimum Gasteiger partial charge on any atom is -0.759 e. The molecule has 0 aliphatic heterocycles. The second kappa shape index (κ2) is 8.77. The molecule has 0 aliphatic rings. The molecule has 1 N–H and O–H groups in total. The number of hydroxylamine groups is 1. The Morgan fingerprint density at radius 1 is 1.12 bits per heavy atom. The van der Waals surface area contributed by atoms with Crippen LogP contribution in [0.3, 0.4) is 0 Å². The summed E-state index contributed by atoms with van der Waals surface area (Å²) in [5.74, 6) is -0.771. The number of benzene rings is 2. The van der Waals surface area contributed by atoms with Crippen molar-refractivity contribution in [2.45, 2.75) is 17.9 Å². The van der Waals surface area contributed by atoms with E-state index in [4.69, 9.17) is 11.6 Å². The highest BCUT2D eigenvalue weighted by Gasteiger charge is 2.25. The third-order valence-corrected chi connectivity index (χ3v) is 6.07. The van der Waals surface area contributed by atoms with E-state index < -0.39 is 15.9 Å². The molecule has 0 atom stereocenters. The first-order valence-corrected chi connectivity index (χ1v) is 9.85. The quantitative estimate of drug-likeness (QED) is 0.661. The van der Waals surface area contributed by atoms with Gasteiger partial charge in [0.1, 0.15) is 0 Å². The normalized spacial score (nSPS) is 11.5. The molecule has 25 heavy (non-hydrogen) atoms. The lowest BCUT2D eigenvalue weighted by molar-refractivity contribution is -0.120. The zero-order valence-corrected chi connectivity index (χ0v) is 16.1. The first-order valence-electron chi connectivity index (χ1n) is 7.24. The van der Waals surface area contributed by atoms with Gasteiger partial charge in [0.05, 0.1) is 4.90 Å². The number of rotatable bonds is 7. The highest BCUT2D eigenvalue weighted by atomic mass is 79.9. The summed E-state index contributed by atoms with van der Waals surface area (Å²) >= 11 is 9.11. The van der Waals surface area contributed by atoms with Gasteiger partial charge in [-0.3, -0.25) is 4.79 Å². The Bertz CT molecular complexity index is 826. The Morgan fingerprint density at radius 3 is 2.28 bits per heavy atom. The van der Waals surface area contributed by atoms with Crippen LogP contribution in [0.2, 0.25) is 5.02 Å². The number of nitrogens with one attached hydrogen (secondary N) is 1. The van der Waals surface area contributed by atoms with Crippen LogP contribution in [0.25, 0.3) is 0 Å². The number of amides is 1. The predicted octanol–water partition coefficient (Wildman–Crippen LogP) is 3.30. The van der Waals surface area contributed by atoms with Crippen LogP contribution in [0, 0.1) is 5.21 Å². The summed E-state index contributed by atoms with van der Waals surface area (Å²) in [6, 6.07) is 12.9. The first-order chi connectivity index (χ1) is 11.8. The van der Waals surface area contributed by atoms with Crippen LogP contribution in [0.5, 0.6) is 0 Å². The summed E-state index contributed by atoms with van der Waals surface area (Å²) in [6.07, 6.45) is -0.229. The number of carbonyl (C=O) groups excluding carboxylic acids is 1. The molecule has 0 saturated carbocycles. The van der Waals surface area contributed by atoms with Crippen molar-refractivity contribution in [3.8, 4) is 0 Å². The molecule has 0 bridgehead atoms. The molecule has 2 rings (SSSR count). The summed E-state index contributed by atoms with van der Waals surface area (Å²) in [5.41, 5.74) is 1.97. The number of hydrogen-bond acceptors (Lipinski definition) is 4. The van der Waals surface area contributed by atoms with E-state index in [2.05, 4.69) is 15.9 Å². The third-order valence-electron chi connectivity index (χ3n) is 3.43. The molecule has 0 saturated heterocycles. The smallest absolute Gasteiger partial charge is 0.243 e. The molecule has 9 heteroatoms. The molecule has 0 unspecified atom stereocenters. The Labute approximate surface area is 159 Å². The molecule has 134 valence electrons. The van der Waals surface area contributed by atoms with Crippen molar-refractivity contribution in [1.29, 1.82) is 0 Å². The van der Waals surface area contributed by atoms with Crippen LogP contribution < -0.4 is 5.48 Å². The van der Waals surface area contributed by atoms with Crippen LogP contribution in [0.4, 0.5) is 0 Å². The number of halogens is 2. The molecular formula is C16H15BrClN2O4S-. The van der Waals surface area contributed by atoms with E-state index in [-0.39, 0.29) is 24.4 Å². The van der Waals surface area contributed by atoms with Crippen molar-refractivity contribution < 1.29 is 13.2 Å². The fraction of sp³-hybridized carbons (Fsp3) is 0.188. The maximum atomic E-state index is 12.9. The van der Waals surface area contributed by atoms with Crippen LogP contribution in [0.1, 0.15) is 12.0 Å². The van der Waals surface area contributed by atoms with Crippen molar-refractivity contribution in [2.24, 2.45) is 0 Å². The van der Waals surface area contributed by atoms with Crippen molar-refractivity contribution in [3.05, 3.63) is 68.8 Å². The number of nitrogens with zero attached hydrogens (tertiary/aromatic N) is 1. The SMILES string of the molecule is O=C(CCN(Cc1ccc(Cl)cc1)S(=O)(=O)c1ccc(Br)cc1)N[O-]. The molecule has 0 fully saturated rings. The fourth-order valence-corrected chi connectivity index (χ4v) is 3.93. The van der Waals surface area contributed by atoms with Gasteiger partial charge < -0.3 is 10.7 Å². The van der Waals surface area contributed by atoms with E-state index in [0.717, 1.165) is 8.78 Å². The van der Waals surface area contributed by atoms with E-state index in [1.807, 2.05) is 0 Å². The van der Waals surface area contributed by atoms with E-state index >= 15 is 0 Å². The van der Waals surface area contributed by atoms with Gasteiger partial charge in [-0.25, -0.2) is 8.42 Å². The van der Waals surface area contributed by atoms with Crippen LogP contribution >= 0.6 is 27.5 Å². The monoisotopic (exact) mass is 445 g/mol. The van der Waals surface area contributed by atoms with Crippen LogP contribution in [-0.2, 0) is 21.4 Å². The first kappa shape index (κ1) is 19.9. The van der Waals surface area contributed by atoms with Gasteiger partial charge in [0.2, 0.25) is 15.9 Å². The Morgan fingerprint density at radius 2 is 1.72 bits per heavy atom. The molecule has 0 aliphatic carbocycles. The minimum absolute atomic E-state index is 0.0572. The standard InChI is InChI=1S/C16H15BrClN2O4S/c17-13-3-7-15(8-4-13)25(23,24)20(10-9-16(21)19-22)11-12-1-5-14(18)6-2-12/h1-8H,9-11H2,(H-,19,21,22)/q-1. The van der Waals surface area contributed by atoms with Crippen LogP contribution in [-0.4, -0.2) is 25.2 Å². The van der Waals surface area contributed by atoms with Gasteiger partial charge in [-0.05, 0) is 42.0 Å². The Hall–Kier alpha value is -1.45. The van der Waals surface area contributed by atoms with Crippen molar-refractivity contribution in [3.63, 3.8) is 0 Å². The van der Waals surface area contributed by atoms with Gasteiger partial charge in [0, 0.05) is 29.0 Å². The number of carbonyl (C=O) groups is 1. The van der Waals surface area contributed by atoms with Gasteiger partial charge in [-0.15, -0.1) is 0 Å². The summed E-state index contributed by atoms with van der Waals surface area (Å²) in [4.78, 5) is 11.4. The average molecular weight is 447 g/mol. The van der Waals surface area contributed by atoms with E-state index in [1.165, 1.54) is 17.6 Å². The fourth-order valence-electron chi connectivity index (χ4n) is 2.11. The maximum absolute atomic E-state index is 12.9. The number of hydrogen-bond donors (Lipinski definition) is 1. The predicted molar refractivity (Wildman–Crippen MR) is 99.3 cm³/mol. The molecule has 0 heterocycles. The van der Waals surface area contributed by atoms with Gasteiger partial charge in [0.25, 0.3) is 0 Å². The Kier molecular flexibility index (Phi) is 6.97. The second-order valence-corrected chi connectivity index (χ2v) is 8.48. The average Bonchev–Trinajstić information content (AvgIpc) is 2.60.